The van der Waals surface area contributed by atoms with Gasteiger partial charge in [0, 0.05) is 20.0 Å². The van der Waals surface area contributed by atoms with Gasteiger partial charge in [0.1, 0.15) is 0 Å². The number of hydrogen-bond donors (Lipinski definition) is 2. The maximum Gasteiger partial charge on any atom is 0.221 e. The van der Waals surface area contributed by atoms with E-state index in [9.17, 15) is 10.2 Å². The van der Waals surface area contributed by atoms with Crippen molar-refractivity contribution in [3.05, 3.63) is 0 Å². The van der Waals surface area contributed by atoms with Gasteiger partial charge in [0.2, 0.25) is 5.91 Å². The molecule has 0 aromatic rings. The number of unbranched alkanes of at least 4 members (excludes halogenated alkanes) is 38. The molecule has 3 nitrogen and oxygen atoms in total. The summed E-state index contributed by atoms with van der Waals surface area (Å²) < 4.78 is 0. The summed E-state index contributed by atoms with van der Waals surface area (Å²) in [4.78, 5) is 1.90. The fourth-order valence-corrected chi connectivity index (χ4v) is 7.65. The zero-order valence-corrected chi connectivity index (χ0v) is 35.8. The average Bonchev–Trinajstić information content (AvgIpc) is 3.08. The van der Waals surface area contributed by atoms with Gasteiger partial charge in [-0.1, -0.05) is 258 Å². The molecule has 0 aromatic carbocycles. The van der Waals surface area contributed by atoms with Crippen molar-refractivity contribution in [1.82, 2.24) is 4.90 Å². The van der Waals surface area contributed by atoms with Gasteiger partial charge in [0.05, 0.1) is 0 Å². The fraction of sp³-hybridized carbons (Fsp3) is 1.00. The van der Waals surface area contributed by atoms with E-state index in [1.54, 1.807) is 6.92 Å². The fourth-order valence-electron chi connectivity index (χ4n) is 7.65. The number of rotatable bonds is 43. The molecule has 0 atom stereocenters. The maximum atomic E-state index is 10.3. The van der Waals surface area contributed by atoms with Gasteiger partial charge >= 0.3 is 0 Å². The lowest BCUT2D eigenvalue weighted by Gasteiger charge is -2.32. The molecule has 0 amide bonds. The van der Waals surface area contributed by atoms with E-state index in [1.807, 2.05) is 4.90 Å². The Morgan fingerprint density at radius 1 is 0.280 bits per heavy atom. The second-order valence-electron chi connectivity index (χ2n) is 16.4. The van der Waals surface area contributed by atoms with E-state index in [-0.39, 0.29) is 12.4 Å². The summed E-state index contributed by atoms with van der Waals surface area (Å²) in [5, 5.41) is 20.6. The minimum absolute atomic E-state index is 0. The number of halogens is 1. The summed E-state index contributed by atoms with van der Waals surface area (Å²) in [7, 11) is 0. The predicted molar refractivity (Wildman–Crippen MR) is 228 cm³/mol. The summed E-state index contributed by atoms with van der Waals surface area (Å²) in [6.07, 6.45) is 55.7. The van der Waals surface area contributed by atoms with E-state index < -0.39 is 5.91 Å². The highest BCUT2D eigenvalue weighted by atomic mass is 35.5. The van der Waals surface area contributed by atoms with Crippen LogP contribution in [0, 0.1) is 0 Å². The number of aliphatic hydroxyl groups is 2. The van der Waals surface area contributed by atoms with Crippen LogP contribution < -0.4 is 0 Å². The Labute approximate surface area is 323 Å². The molecule has 0 saturated heterocycles. The third kappa shape index (κ3) is 42.6. The molecule has 0 rings (SSSR count). The Morgan fingerprint density at radius 2 is 0.420 bits per heavy atom. The van der Waals surface area contributed by atoms with Gasteiger partial charge in [-0.25, -0.2) is 0 Å². The first-order valence-corrected chi connectivity index (χ1v) is 23.2. The molecule has 0 aliphatic carbocycles. The standard InChI is InChI=1S/C46H95NO2.ClH/c1-4-6-8-10-12-14-16-18-20-22-24-26-28-30-32-34-36-38-40-42-44-47(46(3,48)49)45-43-41-39-37-35-33-31-29-27-25-23-21-19-17-15-13-11-9-7-5-2;/h48-49H,4-45H2,1-3H3;1H. The molecule has 304 valence electrons. The molecule has 0 bridgehead atoms. The van der Waals surface area contributed by atoms with Crippen LogP contribution in [0.3, 0.4) is 0 Å². The minimum Gasteiger partial charge on any atom is -0.353 e. The molecular weight excluding hydrogens is 634 g/mol. The molecule has 0 aliphatic heterocycles. The van der Waals surface area contributed by atoms with Crippen molar-refractivity contribution in [1.29, 1.82) is 0 Å². The third-order valence-corrected chi connectivity index (χ3v) is 11.2. The van der Waals surface area contributed by atoms with Crippen LogP contribution in [0.25, 0.3) is 0 Å². The number of hydrogen-bond acceptors (Lipinski definition) is 3. The Bertz CT molecular complexity index is 551. The van der Waals surface area contributed by atoms with Gasteiger partial charge in [0.25, 0.3) is 0 Å². The normalized spacial score (nSPS) is 11.9. The summed E-state index contributed by atoms with van der Waals surface area (Å²) in [5.41, 5.74) is 0. The monoisotopic (exact) mass is 730 g/mol. The van der Waals surface area contributed by atoms with Crippen LogP contribution in [0.1, 0.15) is 278 Å². The number of nitrogens with zero attached hydrogens (tertiary/aromatic N) is 1. The highest BCUT2D eigenvalue weighted by Crippen LogP contribution is 2.18. The molecule has 2 N–H and O–H groups in total. The lowest BCUT2D eigenvalue weighted by molar-refractivity contribution is -0.250. The molecular formula is C46H96ClNO2. The van der Waals surface area contributed by atoms with E-state index in [1.165, 1.54) is 244 Å². The molecule has 0 fully saturated rings. The van der Waals surface area contributed by atoms with Gasteiger partial charge in [0.15, 0.2) is 0 Å². The van der Waals surface area contributed by atoms with Crippen molar-refractivity contribution in [3.8, 4) is 0 Å². The maximum absolute atomic E-state index is 10.3. The van der Waals surface area contributed by atoms with Crippen LogP contribution in [-0.2, 0) is 0 Å². The van der Waals surface area contributed by atoms with E-state index in [0.29, 0.717) is 0 Å². The van der Waals surface area contributed by atoms with Crippen LogP contribution in [0.4, 0.5) is 0 Å². The second-order valence-corrected chi connectivity index (χ2v) is 16.4. The summed E-state index contributed by atoms with van der Waals surface area (Å²) in [6.45, 7) is 7.75. The first kappa shape index (κ1) is 52.3. The van der Waals surface area contributed by atoms with Crippen LogP contribution >= 0.6 is 12.4 Å². The molecule has 0 aromatic heterocycles. The molecule has 0 spiro atoms. The van der Waals surface area contributed by atoms with Crippen molar-refractivity contribution in [2.45, 2.75) is 284 Å². The van der Waals surface area contributed by atoms with E-state index in [4.69, 9.17) is 0 Å². The lowest BCUT2D eigenvalue weighted by atomic mass is 10.0. The summed E-state index contributed by atoms with van der Waals surface area (Å²) >= 11 is 0. The van der Waals surface area contributed by atoms with Crippen molar-refractivity contribution in [2.75, 3.05) is 13.1 Å². The SMILES string of the molecule is CCCCCCCCCCCCCCCCCCCCCCN(CCCCCCCCCCCCCCCCCCCCCC)C(C)(O)O.Cl. The molecule has 0 saturated carbocycles. The van der Waals surface area contributed by atoms with Gasteiger partial charge in [-0.3, -0.25) is 4.90 Å². The van der Waals surface area contributed by atoms with Crippen LogP contribution in [0.15, 0.2) is 0 Å². The Hall–Kier alpha value is 0.170. The highest BCUT2D eigenvalue weighted by Gasteiger charge is 2.24. The van der Waals surface area contributed by atoms with Crippen LogP contribution in [0.2, 0.25) is 0 Å². The minimum atomic E-state index is -1.68. The van der Waals surface area contributed by atoms with Gasteiger partial charge in [-0.05, 0) is 12.8 Å². The molecule has 0 unspecified atom stereocenters. The summed E-state index contributed by atoms with van der Waals surface area (Å²) in [6, 6.07) is 0. The van der Waals surface area contributed by atoms with Gasteiger partial charge < -0.3 is 10.2 Å². The van der Waals surface area contributed by atoms with Crippen molar-refractivity contribution in [2.24, 2.45) is 0 Å². The first-order valence-electron chi connectivity index (χ1n) is 23.2. The largest absolute Gasteiger partial charge is 0.353 e. The highest BCUT2D eigenvalue weighted by molar-refractivity contribution is 5.85. The van der Waals surface area contributed by atoms with E-state index >= 15 is 0 Å². The first-order chi connectivity index (χ1) is 24.0. The zero-order chi connectivity index (χ0) is 35.8. The summed E-state index contributed by atoms with van der Waals surface area (Å²) in [5.74, 6) is -1.68. The topological polar surface area (TPSA) is 43.7 Å². The molecule has 50 heavy (non-hydrogen) atoms. The molecule has 0 heterocycles. The van der Waals surface area contributed by atoms with Gasteiger partial charge in [-0.2, -0.15) is 0 Å². The lowest BCUT2D eigenvalue weighted by Crippen LogP contribution is -2.47. The zero-order valence-electron chi connectivity index (χ0n) is 34.9. The predicted octanol–water partition coefficient (Wildman–Crippen LogP) is 16.0. The second kappa shape index (κ2) is 43.6. The Morgan fingerprint density at radius 3 is 0.560 bits per heavy atom. The van der Waals surface area contributed by atoms with Crippen LogP contribution in [-0.4, -0.2) is 34.1 Å². The Balaban J connectivity index is 0. The van der Waals surface area contributed by atoms with E-state index in [2.05, 4.69) is 13.8 Å². The molecule has 4 heteroatoms. The van der Waals surface area contributed by atoms with Crippen molar-refractivity contribution in [3.63, 3.8) is 0 Å². The average molecular weight is 731 g/mol. The molecule has 0 radical (unpaired) electrons. The van der Waals surface area contributed by atoms with E-state index in [0.717, 1.165) is 25.9 Å². The third-order valence-electron chi connectivity index (χ3n) is 11.2. The van der Waals surface area contributed by atoms with Crippen molar-refractivity contribution < 1.29 is 10.2 Å². The van der Waals surface area contributed by atoms with Crippen molar-refractivity contribution >= 4 is 12.4 Å². The quantitative estimate of drug-likeness (QED) is 0.0485. The van der Waals surface area contributed by atoms with Gasteiger partial charge in [-0.15, -0.1) is 12.4 Å². The van der Waals surface area contributed by atoms with Crippen LogP contribution in [0.5, 0.6) is 0 Å². The Kier molecular flexibility index (Phi) is 45.6. The molecule has 0 aliphatic rings. The smallest absolute Gasteiger partial charge is 0.221 e.